The van der Waals surface area contributed by atoms with Crippen molar-refractivity contribution in [3.63, 3.8) is 0 Å². The molecule has 8 nitrogen and oxygen atoms in total. The summed E-state index contributed by atoms with van der Waals surface area (Å²) in [6, 6.07) is 15.4. The Kier molecular flexibility index (Phi) is 11.3. The topological polar surface area (TPSA) is 108 Å². The Morgan fingerprint density at radius 1 is 0.933 bits per heavy atom. The van der Waals surface area contributed by atoms with Crippen LogP contribution >= 0.6 is 11.6 Å². The molecule has 0 aromatic heterocycles. The zero-order valence-corrected chi connectivity index (χ0v) is 28.5. The molecule has 0 fully saturated rings. The molecular formula is C36H46ClN3O5. The number of ether oxygens (including phenoxy) is 1. The molecule has 0 spiro atoms. The van der Waals surface area contributed by atoms with Gasteiger partial charge in [0.2, 0.25) is 5.91 Å². The maximum Gasteiger partial charge on any atom is 0.408 e. The molecule has 3 amide bonds. The number of rotatable bonds is 10. The number of carbonyl (C=O) groups excluding carboxylic acids is 3. The third kappa shape index (κ3) is 9.47. The van der Waals surface area contributed by atoms with Gasteiger partial charge in [-0.1, -0.05) is 72.1 Å². The molecule has 0 bridgehead atoms. The van der Waals surface area contributed by atoms with Crippen molar-refractivity contribution in [2.45, 2.75) is 98.4 Å². The lowest BCUT2D eigenvalue weighted by Crippen LogP contribution is -2.59. The SMILES string of the molecule is CCC(C)(C)N(C(=O)C(Cc1ccc(O)cc1)NC(=O)OC(C)(C)C)C(C(=O)Nc1c(C)cccc1Cl)c1cc(C)cc(C)c1. The number of amides is 3. The maximum atomic E-state index is 14.9. The van der Waals surface area contributed by atoms with E-state index in [1.54, 1.807) is 49.9 Å². The van der Waals surface area contributed by atoms with Crippen LogP contribution < -0.4 is 10.6 Å². The van der Waals surface area contributed by atoms with Crippen molar-refractivity contribution in [2.75, 3.05) is 5.32 Å². The van der Waals surface area contributed by atoms with Crippen LogP contribution in [0.3, 0.4) is 0 Å². The van der Waals surface area contributed by atoms with Crippen LogP contribution in [0.2, 0.25) is 5.02 Å². The lowest BCUT2D eigenvalue weighted by molar-refractivity contribution is -0.147. The van der Waals surface area contributed by atoms with Crippen molar-refractivity contribution in [3.8, 4) is 5.75 Å². The number of phenols is 1. The van der Waals surface area contributed by atoms with Gasteiger partial charge in [-0.3, -0.25) is 9.59 Å². The first kappa shape index (κ1) is 35.4. The molecule has 3 aromatic rings. The normalized spacial score (nSPS) is 13.0. The van der Waals surface area contributed by atoms with Crippen molar-refractivity contribution in [3.05, 3.63) is 93.5 Å². The van der Waals surface area contributed by atoms with Crippen LogP contribution in [0.1, 0.15) is 81.8 Å². The van der Waals surface area contributed by atoms with Crippen LogP contribution in [-0.2, 0) is 20.7 Å². The standard InChI is InChI=1S/C36H46ClN3O5/c1-10-36(8,9)40(33(43)29(38-34(44)45-35(5,6)7)21-25-14-16-27(41)17-15-25)31(26-19-22(2)18-23(3)20-26)32(42)39-30-24(4)12-11-13-28(30)37/h11-20,29,31,41H,10,21H2,1-9H3,(H,38,44)(H,39,42). The number of aromatic hydroxyl groups is 1. The number of hydrogen-bond donors (Lipinski definition) is 3. The fourth-order valence-corrected chi connectivity index (χ4v) is 5.47. The molecule has 0 aliphatic carbocycles. The number of alkyl carbamates (subject to hydrolysis) is 1. The van der Waals surface area contributed by atoms with Gasteiger partial charge >= 0.3 is 6.09 Å². The highest BCUT2D eigenvalue weighted by Gasteiger charge is 2.43. The molecule has 0 saturated carbocycles. The van der Waals surface area contributed by atoms with Gasteiger partial charge in [-0.25, -0.2) is 4.79 Å². The van der Waals surface area contributed by atoms with E-state index in [0.717, 1.165) is 16.7 Å². The van der Waals surface area contributed by atoms with Crippen molar-refractivity contribution in [2.24, 2.45) is 0 Å². The molecule has 3 aromatic carbocycles. The second-order valence-corrected chi connectivity index (χ2v) is 13.6. The number of hydrogen-bond acceptors (Lipinski definition) is 5. The fraction of sp³-hybridized carbons (Fsp3) is 0.417. The number of nitrogens with zero attached hydrogens (tertiary/aromatic N) is 1. The Hall–Kier alpha value is -4.04. The summed E-state index contributed by atoms with van der Waals surface area (Å²) in [5.41, 5.74) is 2.81. The average Bonchev–Trinajstić information content (AvgIpc) is 2.92. The van der Waals surface area contributed by atoms with Crippen LogP contribution in [-0.4, -0.2) is 45.1 Å². The maximum absolute atomic E-state index is 14.9. The van der Waals surface area contributed by atoms with Gasteiger partial charge in [0.15, 0.2) is 0 Å². The minimum absolute atomic E-state index is 0.0805. The van der Waals surface area contributed by atoms with Crippen LogP contribution in [0.15, 0.2) is 60.7 Å². The van der Waals surface area contributed by atoms with E-state index >= 15 is 0 Å². The Bertz CT molecular complexity index is 1490. The van der Waals surface area contributed by atoms with Gasteiger partial charge in [0.1, 0.15) is 23.4 Å². The summed E-state index contributed by atoms with van der Waals surface area (Å²) in [6.45, 7) is 16.7. The molecule has 0 radical (unpaired) electrons. The summed E-state index contributed by atoms with van der Waals surface area (Å²) >= 11 is 6.52. The summed E-state index contributed by atoms with van der Waals surface area (Å²) < 4.78 is 5.54. The number of para-hydroxylation sites is 1. The number of nitrogens with one attached hydrogen (secondary N) is 2. The third-order valence-electron chi connectivity index (χ3n) is 7.66. The Balaban J connectivity index is 2.21. The summed E-state index contributed by atoms with van der Waals surface area (Å²) in [5.74, 6) is -0.820. The van der Waals surface area contributed by atoms with Crippen LogP contribution in [0.5, 0.6) is 5.75 Å². The number of carbonyl (C=O) groups is 3. The van der Waals surface area contributed by atoms with E-state index in [-0.39, 0.29) is 12.2 Å². The highest BCUT2D eigenvalue weighted by Crippen LogP contribution is 2.35. The van der Waals surface area contributed by atoms with Gasteiger partial charge < -0.3 is 25.4 Å². The Labute approximate surface area is 272 Å². The van der Waals surface area contributed by atoms with Gasteiger partial charge in [0.05, 0.1) is 10.7 Å². The lowest BCUT2D eigenvalue weighted by atomic mass is 9.90. The predicted molar refractivity (Wildman–Crippen MR) is 180 cm³/mol. The fourth-order valence-electron chi connectivity index (χ4n) is 5.20. The first-order valence-corrected chi connectivity index (χ1v) is 15.5. The first-order chi connectivity index (χ1) is 20.9. The summed E-state index contributed by atoms with van der Waals surface area (Å²) in [7, 11) is 0. The van der Waals surface area contributed by atoms with Crippen molar-refractivity contribution in [1.29, 1.82) is 0 Å². The molecule has 0 aliphatic heterocycles. The quantitative estimate of drug-likeness (QED) is 0.211. The third-order valence-corrected chi connectivity index (χ3v) is 7.97. The smallest absolute Gasteiger partial charge is 0.408 e. The van der Waals surface area contributed by atoms with Crippen LogP contribution in [0, 0.1) is 20.8 Å². The van der Waals surface area contributed by atoms with Gasteiger partial charge in [-0.05, 0) is 96.7 Å². The largest absolute Gasteiger partial charge is 0.508 e. The predicted octanol–water partition coefficient (Wildman–Crippen LogP) is 7.80. The number of aryl methyl sites for hydroxylation is 3. The van der Waals surface area contributed by atoms with E-state index in [0.29, 0.717) is 28.3 Å². The molecule has 9 heteroatoms. The molecule has 45 heavy (non-hydrogen) atoms. The van der Waals surface area contributed by atoms with Crippen molar-refractivity contribution in [1.82, 2.24) is 10.2 Å². The molecule has 0 heterocycles. The van der Waals surface area contributed by atoms with Crippen LogP contribution in [0.4, 0.5) is 10.5 Å². The monoisotopic (exact) mass is 635 g/mol. The van der Waals surface area contributed by atoms with E-state index in [1.165, 1.54) is 12.1 Å². The van der Waals surface area contributed by atoms with Gasteiger partial charge in [-0.2, -0.15) is 0 Å². The zero-order chi connectivity index (χ0) is 33.7. The number of anilines is 1. The van der Waals surface area contributed by atoms with Crippen LogP contribution in [0.25, 0.3) is 0 Å². The average molecular weight is 636 g/mol. The van der Waals surface area contributed by atoms with Crippen molar-refractivity contribution >= 4 is 35.2 Å². The summed E-state index contributed by atoms with van der Waals surface area (Å²) in [6.07, 6.45) is -0.149. The summed E-state index contributed by atoms with van der Waals surface area (Å²) in [5, 5.41) is 16.0. The van der Waals surface area contributed by atoms with Gasteiger partial charge in [0, 0.05) is 12.0 Å². The molecule has 0 saturated heterocycles. The van der Waals surface area contributed by atoms with Crippen molar-refractivity contribution < 1.29 is 24.2 Å². The van der Waals surface area contributed by atoms with Gasteiger partial charge in [-0.15, -0.1) is 0 Å². The Morgan fingerprint density at radius 2 is 1.53 bits per heavy atom. The second kappa shape index (κ2) is 14.4. The number of phenolic OH excluding ortho intramolecular Hbond substituents is 1. The molecule has 0 aliphatic rings. The minimum Gasteiger partial charge on any atom is -0.508 e. The second-order valence-electron chi connectivity index (χ2n) is 13.2. The van der Waals surface area contributed by atoms with Gasteiger partial charge in [0.25, 0.3) is 5.91 Å². The lowest BCUT2D eigenvalue weighted by Gasteiger charge is -2.44. The molecule has 242 valence electrons. The molecule has 3 rings (SSSR count). The summed E-state index contributed by atoms with van der Waals surface area (Å²) in [4.78, 5) is 44.0. The zero-order valence-electron chi connectivity index (χ0n) is 27.7. The first-order valence-electron chi connectivity index (χ1n) is 15.2. The van der Waals surface area contributed by atoms with E-state index in [4.69, 9.17) is 16.3 Å². The molecule has 2 atom stereocenters. The number of halogens is 1. The van der Waals surface area contributed by atoms with E-state index in [9.17, 15) is 19.5 Å². The molecular weight excluding hydrogens is 590 g/mol. The highest BCUT2D eigenvalue weighted by molar-refractivity contribution is 6.34. The highest BCUT2D eigenvalue weighted by atomic mass is 35.5. The molecule has 3 N–H and O–H groups in total. The molecule has 2 unspecified atom stereocenters. The van der Waals surface area contributed by atoms with E-state index in [2.05, 4.69) is 10.6 Å². The Morgan fingerprint density at radius 3 is 2.07 bits per heavy atom. The van der Waals surface area contributed by atoms with E-state index < -0.39 is 41.1 Å². The van der Waals surface area contributed by atoms with E-state index in [1.807, 2.05) is 65.8 Å². The number of benzene rings is 3. The minimum atomic E-state index is -1.10.